The van der Waals surface area contributed by atoms with Gasteiger partial charge in [0.15, 0.2) is 0 Å². The zero-order valence-corrected chi connectivity index (χ0v) is 16.5. The third-order valence-corrected chi connectivity index (χ3v) is 4.79. The van der Waals surface area contributed by atoms with Gasteiger partial charge in [0.2, 0.25) is 0 Å². The molecule has 0 aliphatic carbocycles. The van der Waals surface area contributed by atoms with Crippen molar-refractivity contribution >= 4 is 5.91 Å². The van der Waals surface area contributed by atoms with Crippen LogP contribution in [-0.4, -0.2) is 32.0 Å². The third kappa shape index (κ3) is 4.27. The second-order valence-corrected chi connectivity index (χ2v) is 7.01. The SMILES string of the molecule is Cc1cc(C)n(-c2ccc(CCNC(=O)c3ccc(-n4cccn4)cc3)cc2)n1. The summed E-state index contributed by atoms with van der Waals surface area (Å²) in [6.07, 6.45) is 4.37. The normalized spacial score (nSPS) is 10.8. The van der Waals surface area contributed by atoms with E-state index in [0.717, 1.165) is 29.2 Å². The number of carbonyl (C=O) groups excluding carboxylic acids is 1. The lowest BCUT2D eigenvalue weighted by Crippen LogP contribution is -2.25. The highest BCUT2D eigenvalue weighted by Crippen LogP contribution is 2.13. The number of hydrogen-bond donors (Lipinski definition) is 1. The number of amides is 1. The molecule has 29 heavy (non-hydrogen) atoms. The highest BCUT2D eigenvalue weighted by atomic mass is 16.1. The molecule has 4 aromatic rings. The average molecular weight is 385 g/mol. The number of nitrogens with zero attached hydrogens (tertiary/aromatic N) is 4. The Kier molecular flexibility index (Phi) is 5.24. The first-order valence-corrected chi connectivity index (χ1v) is 9.61. The largest absolute Gasteiger partial charge is 0.352 e. The zero-order chi connectivity index (χ0) is 20.2. The standard InChI is InChI=1S/C23H23N5O/c1-17-16-18(2)28(26-17)22-8-4-19(5-9-22)12-14-24-23(29)20-6-10-21(11-7-20)27-15-3-13-25-27/h3-11,13,15-16H,12,14H2,1-2H3,(H,24,29). The van der Waals surface area contributed by atoms with Gasteiger partial charge in [0.05, 0.1) is 17.1 Å². The van der Waals surface area contributed by atoms with Crippen LogP contribution < -0.4 is 5.32 Å². The summed E-state index contributed by atoms with van der Waals surface area (Å²) >= 11 is 0. The Bertz CT molecular complexity index is 1090. The van der Waals surface area contributed by atoms with Gasteiger partial charge in [-0.2, -0.15) is 10.2 Å². The van der Waals surface area contributed by atoms with E-state index >= 15 is 0 Å². The second kappa shape index (κ2) is 8.14. The van der Waals surface area contributed by atoms with Crippen molar-refractivity contribution < 1.29 is 4.79 Å². The first-order chi connectivity index (χ1) is 14.1. The van der Waals surface area contributed by atoms with Crippen LogP contribution in [0.4, 0.5) is 0 Å². The van der Waals surface area contributed by atoms with E-state index in [2.05, 4.69) is 45.8 Å². The monoisotopic (exact) mass is 385 g/mol. The van der Waals surface area contributed by atoms with Gasteiger partial charge in [0.25, 0.3) is 5.91 Å². The molecule has 0 atom stereocenters. The van der Waals surface area contributed by atoms with Gasteiger partial charge in [0, 0.05) is 30.2 Å². The Balaban J connectivity index is 1.31. The second-order valence-electron chi connectivity index (χ2n) is 7.01. The van der Waals surface area contributed by atoms with Crippen molar-refractivity contribution in [1.29, 1.82) is 0 Å². The van der Waals surface area contributed by atoms with Crippen LogP contribution in [0.25, 0.3) is 11.4 Å². The summed E-state index contributed by atoms with van der Waals surface area (Å²) in [5, 5.41) is 11.7. The number of nitrogens with one attached hydrogen (secondary N) is 1. The molecule has 2 aromatic heterocycles. The fourth-order valence-corrected chi connectivity index (χ4v) is 3.30. The fraction of sp³-hybridized carbons (Fsp3) is 0.174. The van der Waals surface area contributed by atoms with Crippen LogP contribution in [0.1, 0.15) is 27.3 Å². The lowest BCUT2D eigenvalue weighted by Gasteiger charge is -2.08. The van der Waals surface area contributed by atoms with Crippen LogP contribution in [-0.2, 0) is 6.42 Å². The van der Waals surface area contributed by atoms with Gasteiger partial charge >= 0.3 is 0 Å². The van der Waals surface area contributed by atoms with Gasteiger partial charge in [-0.1, -0.05) is 12.1 Å². The molecule has 0 unspecified atom stereocenters. The van der Waals surface area contributed by atoms with Crippen molar-refractivity contribution in [2.24, 2.45) is 0 Å². The zero-order valence-electron chi connectivity index (χ0n) is 16.5. The molecule has 0 spiro atoms. The molecule has 2 heterocycles. The molecular formula is C23H23N5O. The summed E-state index contributed by atoms with van der Waals surface area (Å²) < 4.78 is 3.70. The maximum Gasteiger partial charge on any atom is 0.251 e. The molecule has 0 bridgehead atoms. The van der Waals surface area contributed by atoms with Crippen molar-refractivity contribution in [1.82, 2.24) is 24.9 Å². The Morgan fingerprint density at radius 1 is 1.00 bits per heavy atom. The van der Waals surface area contributed by atoms with E-state index in [4.69, 9.17) is 0 Å². The van der Waals surface area contributed by atoms with E-state index < -0.39 is 0 Å². The van der Waals surface area contributed by atoms with Crippen molar-refractivity contribution in [2.75, 3.05) is 6.54 Å². The van der Waals surface area contributed by atoms with E-state index in [1.165, 1.54) is 5.56 Å². The third-order valence-electron chi connectivity index (χ3n) is 4.79. The van der Waals surface area contributed by atoms with E-state index in [1.807, 2.05) is 55.1 Å². The molecule has 4 rings (SSSR count). The highest BCUT2D eigenvalue weighted by Gasteiger charge is 2.07. The Morgan fingerprint density at radius 2 is 1.72 bits per heavy atom. The van der Waals surface area contributed by atoms with Crippen molar-refractivity contribution in [3.8, 4) is 11.4 Å². The summed E-state index contributed by atoms with van der Waals surface area (Å²) in [6, 6.07) is 19.6. The van der Waals surface area contributed by atoms with Gasteiger partial charge in [-0.25, -0.2) is 9.36 Å². The van der Waals surface area contributed by atoms with Crippen LogP contribution in [0, 0.1) is 13.8 Å². The number of benzene rings is 2. The summed E-state index contributed by atoms with van der Waals surface area (Å²) in [5.41, 5.74) is 5.90. The maximum absolute atomic E-state index is 12.4. The summed E-state index contributed by atoms with van der Waals surface area (Å²) in [4.78, 5) is 12.4. The van der Waals surface area contributed by atoms with Crippen LogP contribution in [0.15, 0.2) is 73.1 Å². The fourth-order valence-electron chi connectivity index (χ4n) is 3.30. The molecule has 6 heteroatoms. The van der Waals surface area contributed by atoms with Crippen molar-refractivity contribution in [2.45, 2.75) is 20.3 Å². The summed E-state index contributed by atoms with van der Waals surface area (Å²) in [6.45, 7) is 4.62. The van der Waals surface area contributed by atoms with Gasteiger partial charge in [-0.3, -0.25) is 4.79 Å². The summed E-state index contributed by atoms with van der Waals surface area (Å²) in [7, 11) is 0. The van der Waals surface area contributed by atoms with Gasteiger partial charge in [-0.05, 0) is 74.4 Å². The van der Waals surface area contributed by atoms with Crippen molar-refractivity contribution in [3.05, 3.63) is 95.6 Å². The first-order valence-electron chi connectivity index (χ1n) is 9.61. The quantitative estimate of drug-likeness (QED) is 0.551. The molecule has 0 aliphatic heterocycles. The number of rotatable bonds is 6. The predicted molar refractivity (Wildman–Crippen MR) is 113 cm³/mol. The molecule has 1 amide bonds. The topological polar surface area (TPSA) is 64.7 Å². The Morgan fingerprint density at radius 3 is 2.34 bits per heavy atom. The molecule has 6 nitrogen and oxygen atoms in total. The molecule has 0 radical (unpaired) electrons. The molecule has 0 aliphatic rings. The van der Waals surface area contributed by atoms with Gasteiger partial charge in [-0.15, -0.1) is 0 Å². The van der Waals surface area contributed by atoms with Crippen LogP contribution in [0.2, 0.25) is 0 Å². The smallest absolute Gasteiger partial charge is 0.251 e. The first kappa shape index (κ1) is 18.7. The Labute approximate surface area is 169 Å². The Hall–Kier alpha value is -3.67. The van der Waals surface area contributed by atoms with E-state index in [0.29, 0.717) is 12.1 Å². The van der Waals surface area contributed by atoms with E-state index in [-0.39, 0.29) is 5.91 Å². The van der Waals surface area contributed by atoms with Crippen LogP contribution in [0.3, 0.4) is 0 Å². The molecular weight excluding hydrogens is 362 g/mol. The minimum absolute atomic E-state index is 0.0729. The van der Waals surface area contributed by atoms with Crippen LogP contribution >= 0.6 is 0 Å². The average Bonchev–Trinajstić information content (AvgIpc) is 3.38. The lowest BCUT2D eigenvalue weighted by atomic mass is 10.1. The van der Waals surface area contributed by atoms with Crippen LogP contribution in [0.5, 0.6) is 0 Å². The molecule has 146 valence electrons. The maximum atomic E-state index is 12.4. The van der Waals surface area contributed by atoms with Crippen molar-refractivity contribution in [3.63, 3.8) is 0 Å². The number of aryl methyl sites for hydroxylation is 2. The molecule has 0 saturated heterocycles. The number of carbonyl (C=O) groups is 1. The lowest BCUT2D eigenvalue weighted by molar-refractivity contribution is 0.0954. The predicted octanol–water partition coefficient (Wildman–Crippen LogP) is 3.65. The molecule has 0 fully saturated rings. The minimum atomic E-state index is -0.0729. The highest BCUT2D eigenvalue weighted by molar-refractivity contribution is 5.94. The molecule has 1 N–H and O–H groups in total. The molecule has 2 aromatic carbocycles. The minimum Gasteiger partial charge on any atom is -0.352 e. The summed E-state index contributed by atoms with van der Waals surface area (Å²) in [5.74, 6) is -0.0729. The molecule has 0 saturated carbocycles. The number of hydrogen-bond acceptors (Lipinski definition) is 3. The van der Waals surface area contributed by atoms with Gasteiger partial charge < -0.3 is 5.32 Å². The van der Waals surface area contributed by atoms with Gasteiger partial charge in [0.1, 0.15) is 0 Å². The number of aromatic nitrogens is 4. The van der Waals surface area contributed by atoms with E-state index in [1.54, 1.807) is 10.9 Å². The van der Waals surface area contributed by atoms with E-state index in [9.17, 15) is 4.79 Å².